The molecule has 1 amide bonds. The molecule has 2 saturated heterocycles. The first kappa shape index (κ1) is 16.9. The number of aromatic nitrogens is 2. The maximum absolute atomic E-state index is 12.5. The molecule has 3 fully saturated rings. The molecule has 0 radical (unpaired) electrons. The molecule has 0 bridgehead atoms. The minimum Gasteiger partial charge on any atom is -0.460 e. The largest absolute Gasteiger partial charge is 0.460 e. The maximum atomic E-state index is 12.5. The van der Waals surface area contributed by atoms with Crippen LogP contribution in [-0.2, 0) is 9.53 Å². The number of hydrogen-bond donors (Lipinski definition) is 2. The lowest BCUT2D eigenvalue weighted by molar-refractivity contribution is -0.149. The van der Waals surface area contributed by atoms with Crippen LogP contribution in [-0.4, -0.2) is 47.6 Å². The molecule has 7 nitrogen and oxygen atoms in total. The zero-order chi connectivity index (χ0) is 17.4. The zero-order valence-electron chi connectivity index (χ0n) is 13.9. The van der Waals surface area contributed by atoms with E-state index >= 15 is 0 Å². The molecule has 0 aromatic carbocycles. The molecule has 2 aliphatic heterocycles. The number of ether oxygens (including phenoxy) is 1. The number of halogens is 1. The van der Waals surface area contributed by atoms with E-state index in [1.807, 2.05) is 0 Å². The Kier molecular flexibility index (Phi) is 4.49. The Morgan fingerprint density at radius 1 is 1.40 bits per heavy atom. The van der Waals surface area contributed by atoms with Crippen LogP contribution in [0.15, 0.2) is 10.7 Å². The lowest BCUT2D eigenvalue weighted by atomic mass is 9.76. The van der Waals surface area contributed by atoms with Gasteiger partial charge in [0.25, 0.3) is 5.91 Å². The van der Waals surface area contributed by atoms with Crippen molar-refractivity contribution in [1.29, 1.82) is 0 Å². The number of nitrogens with zero attached hydrogens (tertiary/aromatic N) is 2. The lowest BCUT2D eigenvalue weighted by Gasteiger charge is -2.29. The normalized spacial score (nSPS) is 25.0. The van der Waals surface area contributed by atoms with Gasteiger partial charge in [-0.15, -0.1) is 0 Å². The Bertz CT molecular complexity index is 701. The van der Waals surface area contributed by atoms with Gasteiger partial charge in [0.15, 0.2) is 0 Å². The average molecular weight is 409 g/mol. The van der Waals surface area contributed by atoms with Crippen molar-refractivity contribution in [3.63, 3.8) is 0 Å². The van der Waals surface area contributed by atoms with Gasteiger partial charge in [-0.2, -0.15) is 0 Å². The number of cyclic esters (lactones) is 1. The first-order valence-corrected chi connectivity index (χ1v) is 9.59. The Hall–Kier alpha value is -1.54. The van der Waals surface area contributed by atoms with Crippen molar-refractivity contribution in [2.24, 2.45) is 5.41 Å². The van der Waals surface area contributed by atoms with E-state index in [1.54, 1.807) is 6.20 Å². The summed E-state index contributed by atoms with van der Waals surface area (Å²) >= 11 is 3.34. The predicted molar refractivity (Wildman–Crippen MR) is 93.1 cm³/mol. The summed E-state index contributed by atoms with van der Waals surface area (Å²) in [5.74, 6) is 0.732. The highest BCUT2D eigenvalue weighted by atomic mass is 79.9. The second-order valence-electron chi connectivity index (χ2n) is 7.17. The maximum Gasteiger partial charge on any atom is 0.312 e. The van der Waals surface area contributed by atoms with Gasteiger partial charge in [-0.25, -0.2) is 9.97 Å². The van der Waals surface area contributed by atoms with Crippen molar-refractivity contribution in [1.82, 2.24) is 20.6 Å². The van der Waals surface area contributed by atoms with Crippen LogP contribution in [0.25, 0.3) is 0 Å². The van der Waals surface area contributed by atoms with Crippen LogP contribution in [0.5, 0.6) is 0 Å². The monoisotopic (exact) mass is 408 g/mol. The van der Waals surface area contributed by atoms with Crippen LogP contribution in [0, 0.1) is 5.41 Å². The summed E-state index contributed by atoms with van der Waals surface area (Å²) in [6.07, 6.45) is 5.81. The Morgan fingerprint density at radius 2 is 2.16 bits per heavy atom. The van der Waals surface area contributed by atoms with E-state index in [9.17, 15) is 9.59 Å². The molecule has 134 valence electrons. The van der Waals surface area contributed by atoms with Gasteiger partial charge in [0.1, 0.15) is 17.6 Å². The number of nitrogens with one attached hydrogen (secondary N) is 2. The first-order valence-electron chi connectivity index (χ1n) is 8.80. The van der Waals surface area contributed by atoms with Gasteiger partial charge in [-0.1, -0.05) is 0 Å². The summed E-state index contributed by atoms with van der Waals surface area (Å²) < 4.78 is 6.09. The van der Waals surface area contributed by atoms with Crippen LogP contribution in [0.3, 0.4) is 0 Å². The molecule has 1 saturated carbocycles. The summed E-state index contributed by atoms with van der Waals surface area (Å²) in [7, 11) is 0. The molecule has 3 aliphatic rings. The van der Waals surface area contributed by atoms with E-state index in [-0.39, 0.29) is 23.4 Å². The van der Waals surface area contributed by atoms with Crippen LogP contribution < -0.4 is 10.6 Å². The SMILES string of the molecule is O=C(NCC1CC2(CCNCC2)C(=O)O1)c1nc(C2CC2)ncc1Br. The standard InChI is InChI=1S/C17H21BrN4O3/c18-12-9-20-14(10-1-2-10)22-13(12)15(23)21-8-11-7-17(16(24)25-11)3-5-19-6-4-17/h9-11,19H,1-8H2,(H,21,23). The predicted octanol–water partition coefficient (Wildman–Crippen LogP) is 1.53. The zero-order valence-corrected chi connectivity index (χ0v) is 15.5. The fourth-order valence-electron chi connectivity index (χ4n) is 3.63. The molecule has 4 rings (SSSR count). The van der Waals surface area contributed by atoms with Crippen molar-refractivity contribution in [3.8, 4) is 0 Å². The quantitative estimate of drug-likeness (QED) is 0.733. The molecule has 1 aromatic heterocycles. The molecular weight excluding hydrogens is 388 g/mol. The van der Waals surface area contributed by atoms with E-state index in [1.165, 1.54) is 0 Å². The highest BCUT2D eigenvalue weighted by molar-refractivity contribution is 9.10. The van der Waals surface area contributed by atoms with Crippen LogP contribution in [0.4, 0.5) is 0 Å². The molecule has 2 N–H and O–H groups in total. The topological polar surface area (TPSA) is 93.2 Å². The second kappa shape index (κ2) is 6.64. The number of piperidine rings is 1. The molecule has 1 aliphatic carbocycles. The third-order valence-corrected chi connectivity index (χ3v) is 5.88. The molecule has 1 spiro atoms. The molecule has 1 atom stereocenters. The van der Waals surface area contributed by atoms with Crippen LogP contribution >= 0.6 is 15.9 Å². The van der Waals surface area contributed by atoms with Crippen molar-refractivity contribution < 1.29 is 14.3 Å². The number of carbonyl (C=O) groups is 2. The molecule has 3 heterocycles. The number of hydrogen-bond acceptors (Lipinski definition) is 6. The van der Waals surface area contributed by atoms with Gasteiger partial charge in [0, 0.05) is 18.5 Å². The van der Waals surface area contributed by atoms with Gasteiger partial charge in [0.05, 0.1) is 16.4 Å². The fourth-order valence-corrected chi connectivity index (χ4v) is 4.00. The number of carbonyl (C=O) groups excluding carboxylic acids is 2. The van der Waals surface area contributed by atoms with Crippen molar-refractivity contribution >= 4 is 27.8 Å². The number of rotatable bonds is 4. The highest BCUT2D eigenvalue weighted by Gasteiger charge is 2.49. The van der Waals surface area contributed by atoms with Crippen LogP contribution in [0.2, 0.25) is 0 Å². The van der Waals surface area contributed by atoms with Gasteiger partial charge in [-0.05, 0) is 54.7 Å². The van der Waals surface area contributed by atoms with E-state index in [0.717, 1.165) is 44.6 Å². The number of esters is 1. The number of amides is 1. The van der Waals surface area contributed by atoms with Crippen molar-refractivity contribution in [2.45, 2.75) is 44.1 Å². The summed E-state index contributed by atoms with van der Waals surface area (Å²) in [6.45, 7) is 1.99. The van der Waals surface area contributed by atoms with E-state index in [0.29, 0.717) is 29.1 Å². The second-order valence-corrected chi connectivity index (χ2v) is 8.03. The van der Waals surface area contributed by atoms with Gasteiger partial charge < -0.3 is 15.4 Å². The molecule has 1 aromatic rings. The first-order chi connectivity index (χ1) is 12.1. The third kappa shape index (κ3) is 3.42. The summed E-state index contributed by atoms with van der Waals surface area (Å²) in [5, 5.41) is 6.13. The Morgan fingerprint density at radius 3 is 2.88 bits per heavy atom. The van der Waals surface area contributed by atoms with Crippen molar-refractivity contribution in [2.75, 3.05) is 19.6 Å². The fraction of sp³-hybridized carbons (Fsp3) is 0.647. The summed E-state index contributed by atoms with van der Waals surface area (Å²) in [5.41, 5.74) is -0.0206. The van der Waals surface area contributed by atoms with Gasteiger partial charge in [0.2, 0.25) is 0 Å². The van der Waals surface area contributed by atoms with E-state index in [4.69, 9.17) is 4.74 Å². The van der Waals surface area contributed by atoms with E-state index in [2.05, 4.69) is 36.5 Å². The average Bonchev–Trinajstić information content (AvgIpc) is 3.41. The Labute approximate surface area is 154 Å². The molecular formula is C17H21BrN4O3. The minimum atomic E-state index is -0.366. The van der Waals surface area contributed by atoms with Crippen LogP contribution in [0.1, 0.15) is 54.3 Å². The lowest BCUT2D eigenvalue weighted by Crippen LogP contribution is -2.39. The third-order valence-electron chi connectivity index (χ3n) is 5.30. The van der Waals surface area contributed by atoms with E-state index < -0.39 is 0 Å². The smallest absolute Gasteiger partial charge is 0.312 e. The Balaban J connectivity index is 1.38. The minimum absolute atomic E-state index is 0.118. The summed E-state index contributed by atoms with van der Waals surface area (Å²) in [6, 6.07) is 0. The molecule has 8 heteroatoms. The molecule has 25 heavy (non-hydrogen) atoms. The highest BCUT2D eigenvalue weighted by Crippen LogP contribution is 2.41. The molecule has 1 unspecified atom stereocenters. The van der Waals surface area contributed by atoms with Gasteiger partial charge in [-0.3, -0.25) is 9.59 Å². The van der Waals surface area contributed by atoms with Gasteiger partial charge >= 0.3 is 5.97 Å². The van der Waals surface area contributed by atoms with Crippen molar-refractivity contribution in [3.05, 3.63) is 22.2 Å². The summed E-state index contributed by atoms with van der Waals surface area (Å²) in [4.78, 5) is 33.4.